The Morgan fingerprint density at radius 2 is 1.74 bits per heavy atom. The van der Waals surface area contributed by atoms with E-state index >= 15 is 0 Å². The summed E-state index contributed by atoms with van der Waals surface area (Å²) in [5.74, 6) is 0.486. The highest BCUT2D eigenvalue weighted by Gasteiger charge is 2.35. The van der Waals surface area contributed by atoms with Crippen LogP contribution in [0, 0.1) is 5.92 Å². The molecule has 0 fully saturated rings. The minimum atomic E-state index is -4.70. The van der Waals surface area contributed by atoms with Gasteiger partial charge < -0.3 is 10.4 Å². The molecule has 0 bridgehead atoms. The van der Waals surface area contributed by atoms with Crippen LogP contribution in [0.3, 0.4) is 0 Å². The lowest BCUT2D eigenvalue weighted by Gasteiger charge is -2.31. The Balaban J connectivity index is 1.56. The smallest absolute Gasteiger partial charge is 0.390 e. The summed E-state index contributed by atoms with van der Waals surface area (Å²) in [4.78, 5) is -0.480. The van der Waals surface area contributed by atoms with Gasteiger partial charge in [-0.05, 0) is 68.4 Å². The van der Waals surface area contributed by atoms with E-state index in [1.54, 1.807) is 0 Å². The van der Waals surface area contributed by atoms with Crippen LogP contribution in [-0.4, -0.2) is 49.6 Å². The molecule has 2 aromatic rings. The van der Waals surface area contributed by atoms with Crippen molar-refractivity contribution in [3.8, 4) is 0 Å². The lowest BCUT2D eigenvalue weighted by atomic mass is 9.88. The second-order valence-corrected chi connectivity index (χ2v) is 12.5. The first-order valence-electron chi connectivity index (χ1n) is 11.0. The molecule has 0 saturated heterocycles. The lowest BCUT2D eigenvalue weighted by Crippen LogP contribution is -2.47. The Morgan fingerprint density at radius 1 is 1.15 bits per heavy atom. The quantitative estimate of drug-likeness (QED) is 0.467. The van der Waals surface area contributed by atoms with Gasteiger partial charge in [-0.15, -0.1) is 0 Å². The van der Waals surface area contributed by atoms with Gasteiger partial charge in [0, 0.05) is 30.1 Å². The molecule has 0 aromatic heterocycles. The van der Waals surface area contributed by atoms with Crippen LogP contribution in [0.5, 0.6) is 0 Å². The van der Waals surface area contributed by atoms with E-state index in [2.05, 4.69) is 33.4 Å². The van der Waals surface area contributed by atoms with Crippen molar-refractivity contribution < 1.29 is 26.7 Å². The predicted octanol–water partition coefficient (Wildman–Crippen LogP) is 4.62. The first-order chi connectivity index (χ1) is 15.7. The fourth-order valence-electron chi connectivity index (χ4n) is 4.50. The lowest BCUT2D eigenvalue weighted by molar-refractivity contribution is -0.138. The highest BCUT2D eigenvalue weighted by molar-refractivity contribution is 9.10. The molecular formula is C24H30BrF3N2O3S. The number of nitrogens with zero attached hydrogens (tertiary/aromatic N) is 1. The first kappa shape index (κ1) is 27.1. The van der Waals surface area contributed by atoms with E-state index in [-0.39, 0.29) is 23.1 Å². The van der Waals surface area contributed by atoms with Crippen molar-refractivity contribution in [1.82, 2.24) is 9.62 Å². The molecule has 10 heteroatoms. The van der Waals surface area contributed by atoms with Gasteiger partial charge in [-0.3, -0.25) is 0 Å². The zero-order chi connectivity index (χ0) is 25.3. The Labute approximate surface area is 207 Å². The molecule has 3 rings (SSSR count). The highest BCUT2D eigenvalue weighted by atomic mass is 79.9. The van der Waals surface area contributed by atoms with Crippen LogP contribution in [0.15, 0.2) is 51.8 Å². The van der Waals surface area contributed by atoms with Crippen molar-refractivity contribution in [1.29, 1.82) is 0 Å². The number of benzene rings is 2. The maximum absolute atomic E-state index is 13.2. The molecule has 2 N–H and O–H groups in total. The number of rotatable bonds is 9. The molecule has 1 aliphatic rings. The van der Waals surface area contributed by atoms with Crippen LogP contribution in [0.2, 0.25) is 0 Å². The van der Waals surface area contributed by atoms with Gasteiger partial charge in [-0.2, -0.15) is 17.5 Å². The van der Waals surface area contributed by atoms with E-state index in [1.807, 2.05) is 26.0 Å². The van der Waals surface area contributed by atoms with E-state index in [0.717, 1.165) is 35.7 Å². The molecule has 0 saturated carbocycles. The van der Waals surface area contributed by atoms with Gasteiger partial charge in [0.1, 0.15) is 0 Å². The van der Waals surface area contributed by atoms with Gasteiger partial charge in [0.15, 0.2) is 0 Å². The zero-order valence-electron chi connectivity index (χ0n) is 19.4. The summed E-state index contributed by atoms with van der Waals surface area (Å²) in [7, 11) is -2.97. The number of aliphatic hydroxyl groups excluding tert-OH is 1. The molecule has 1 aliphatic carbocycles. The second-order valence-electron chi connectivity index (χ2n) is 9.59. The van der Waals surface area contributed by atoms with Crippen molar-refractivity contribution in [2.45, 2.75) is 55.8 Å². The molecule has 188 valence electrons. The topological polar surface area (TPSA) is 69.6 Å². The number of halogens is 4. The average molecular weight is 563 g/mol. The molecule has 0 amide bonds. The third kappa shape index (κ3) is 6.60. The first-order valence-corrected chi connectivity index (χ1v) is 13.3. The number of nitrogens with one attached hydrogen (secondary N) is 1. The predicted molar refractivity (Wildman–Crippen MR) is 129 cm³/mol. The average Bonchev–Trinajstić information content (AvgIpc) is 3.13. The fraction of sp³-hybridized carbons (Fsp3) is 0.500. The molecule has 0 heterocycles. The normalized spacial score (nSPS) is 16.1. The number of alkyl halides is 3. The number of hydrogen-bond donors (Lipinski definition) is 2. The maximum atomic E-state index is 13.2. The Hall–Kier alpha value is -1.46. The molecule has 0 aliphatic heterocycles. The molecule has 1 atom stereocenters. The summed E-state index contributed by atoms with van der Waals surface area (Å²) in [5, 5.41) is 13.8. The van der Waals surface area contributed by atoms with Gasteiger partial charge in [0.05, 0.1) is 16.6 Å². The zero-order valence-corrected chi connectivity index (χ0v) is 21.8. The molecular weight excluding hydrogens is 533 g/mol. The summed E-state index contributed by atoms with van der Waals surface area (Å²) in [6.07, 6.45) is -2.81. The minimum absolute atomic E-state index is 0.153. The number of β-amino-alcohol motifs (C(OH)–C–C–N with tert-alkyl or cyclic N) is 1. The summed E-state index contributed by atoms with van der Waals surface area (Å²) in [6.45, 7) is 3.99. The standard InChI is InChI=1S/C24H30BrF3N2O3S/c1-23(2,13-16-10-17-6-4-5-7-18(17)11-16)29-14-19(31)15-30(3)34(32,33)20-8-9-22(25)21(12-20)24(26,27)28/h4-9,12,16,19,29,31H,10-11,13-15H2,1-3H3/t19-/m1/s1. The SMILES string of the molecule is CN(C[C@H](O)CNC(C)(C)CC1Cc2ccccc2C1)S(=O)(=O)c1ccc(Br)c(C(F)(F)F)c1. The number of sulfonamides is 1. The van der Waals surface area contributed by atoms with Gasteiger partial charge in [-0.1, -0.05) is 40.2 Å². The highest BCUT2D eigenvalue weighted by Crippen LogP contribution is 2.36. The van der Waals surface area contributed by atoms with Crippen molar-refractivity contribution in [2.24, 2.45) is 5.92 Å². The summed E-state index contributed by atoms with van der Waals surface area (Å²) >= 11 is 2.81. The second kappa shape index (κ2) is 10.3. The Kier molecular flexibility index (Phi) is 8.19. The molecule has 5 nitrogen and oxygen atoms in total. The van der Waals surface area contributed by atoms with Crippen LogP contribution >= 0.6 is 15.9 Å². The largest absolute Gasteiger partial charge is 0.417 e. The number of fused-ring (bicyclic) bond motifs is 1. The molecule has 0 unspecified atom stereocenters. The number of likely N-dealkylation sites (N-methyl/N-ethyl adjacent to an activating group) is 1. The minimum Gasteiger partial charge on any atom is -0.390 e. The third-order valence-electron chi connectivity index (χ3n) is 6.17. The molecule has 34 heavy (non-hydrogen) atoms. The monoisotopic (exact) mass is 562 g/mol. The van der Waals surface area contributed by atoms with Gasteiger partial charge in [-0.25, -0.2) is 8.42 Å². The van der Waals surface area contributed by atoms with Crippen LogP contribution < -0.4 is 5.32 Å². The fourth-order valence-corrected chi connectivity index (χ4v) is 6.21. The van der Waals surface area contributed by atoms with Crippen molar-refractivity contribution >= 4 is 26.0 Å². The van der Waals surface area contributed by atoms with E-state index in [1.165, 1.54) is 18.2 Å². The van der Waals surface area contributed by atoms with Gasteiger partial charge in [0.25, 0.3) is 0 Å². The van der Waals surface area contributed by atoms with Gasteiger partial charge in [0.2, 0.25) is 10.0 Å². The van der Waals surface area contributed by atoms with Gasteiger partial charge >= 0.3 is 6.18 Å². The van der Waals surface area contributed by atoms with E-state index < -0.39 is 32.8 Å². The third-order valence-corrected chi connectivity index (χ3v) is 8.68. The van der Waals surface area contributed by atoms with Crippen LogP contribution in [0.1, 0.15) is 37.0 Å². The Bertz CT molecular complexity index is 1100. The molecule has 0 spiro atoms. The van der Waals surface area contributed by atoms with Crippen LogP contribution in [-0.2, 0) is 29.0 Å². The summed E-state index contributed by atoms with van der Waals surface area (Å²) < 4.78 is 65.8. The number of hydrogen-bond acceptors (Lipinski definition) is 4. The van der Waals surface area contributed by atoms with Crippen LogP contribution in [0.25, 0.3) is 0 Å². The van der Waals surface area contributed by atoms with Crippen molar-refractivity contribution in [3.05, 3.63) is 63.6 Å². The Morgan fingerprint density at radius 3 is 2.29 bits per heavy atom. The number of aliphatic hydroxyl groups is 1. The molecule has 0 radical (unpaired) electrons. The summed E-state index contributed by atoms with van der Waals surface area (Å²) in [6, 6.07) is 11.2. The van der Waals surface area contributed by atoms with E-state index in [4.69, 9.17) is 0 Å². The van der Waals surface area contributed by atoms with E-state index in [9.17, 15) is 26.7 Å². The molecule has 2 aromatic carbocycles. The van der Waals surface area contributed by atoms with Crippen LogP contribution in [0.4, 0.5) is 13.2 Å². The maximum Gasteiger partial charge on any atom is 0.417 e. The van der Waals surface area contributed by atoms with E-state index in [0.29, 0.717) is 12.0 Å². The van der Waals surface area contributed by atoms with Crippen molar-refractivity contribution in [2.75, 3.05) is 20.1 Å². The summed E-state index contributed by atoms with van der Waals surface area (Å²) in [5.41, 5.74) is 1.40. The van der Waals surface area contributed by atoms with Crippen molar-refractivity contribution in [3.63, 3.8) is 0 Å².